The average molecular weight is 275 g/mol. The van der Waals surface area contributed by atoms with E-state index in [4.69, 9.17) is 5.11 Å². The van der Waals surface area contributed by atoms with E-state index in [1.165, 1.54) is 17.7 Å². The summed E-state index contributed by atoms with van der Waals surface area (Å²) in [6, 6.07) is 10.7. The van der Waals surface area contributed by atoms with Gasteiger partial charge in [-0.05, 0) is 42.7 Å². The zero-order chi connectivity index (χ0) is 14.3. The number of benzene rings is 2. The van der Waals surface area contributed by atoms with Crippen molar-refractivity contribution in [2.24, 2.45) is 0 Å². The fourth-order valence-electron chi connectivity index (χ4n) is 2.78. The molecule has 0 fully saturated rings. The summed E-state index contributed by atoms with van der Waals surface area (Å²) in [5.74, 6) is -2.75. The number of nitrogens with zero attached hydrogens (tertiary/aromatic N) is 1. The molecule has 1 atom stereocenters. The molecular weight excluding hydrogens is 260 g/mol. The first-order chi connectivity index (χ1) is 9.56. The van der Waals surface area contributed by atoms with Crippen molar-refractivity contribution in [2.75, 3.05) is 4.90 Å². The Labute approximate surface area is 116 Å². The Bertz CT molecular complexity index is 634. The van der Waals surface area contributed by atoms with Crippen LogP contribution < -0.4 is 4.90 Å². The Morgan fingerprint density at radius 1 is 1.20 bits per heavy atom. The van der Waals surface area contributed by atoms with E-state index >= 15 is 0 Å². The van der Waals surface area contributed by atoms with Crippen molar-refractivity contribution in [3.05, 3.63) is 59.2 Å². The molecule has 0 radical (unpaired) electrons. The summed E-state index contributed by atoms with van der Waals surface area (Å²) in [4.78, 5) is 2.13. The van der Waals surface area contributed by atoms with Gasteiger partial charge in [0.25, 0.3) is 0 Å². The molecule has 4 heteroatoms. The standard InChI is InChI=1S/C16H15F2NO/c1-10-6-12-4-2-3-5-15(12)19(10)9-11-7-13(17)16(20)14(18)8-11/h2-5,7-8,10,20H,6,9H2,1H3. The van der Waals surface area contributed by atoms with Crippen LogP contribution in [0, 0.1) is 11.6 Å². The zero-order valence-electron chi connectivity index (χ0n) is 11.1. The molecule has 0 bridgehead atoms. The van der Waals surface area contributed by atoms with Gasteiger partial charge < -0.3 is 10.0 Å². The molecule has 1 unspecified atom stereocenters. The smallest absolute Gasteiger partial charge is 0.187 e. The topological polar surface area (TPSA) is 23.5 Å². The van der Waals surface area contributed by atoms with E-state index in [9.17, 15) is 8.78 Å². The van der Waals surface area contributed by atoms with Crippen LogP contribution in [0.25, 0.3) is 0 Å². The number of rotatable bonds is 2. The fraction of sp³-hybridized carbons (Fsp3) is 0.250. The van der Waals surface area contributed by atoms with Crippen LogP contribution in [-0.2, 0) is 13.0 Å². The van der Waals surface area contributed by atoms with Gasteiger partial charge in [-0.1, -0.05) is 18.2 Å². The van der Waals surface area contributed by atoms with Crippen molar-refractivity contribution >= 4 is 5.69 Å². The van der Waals surface area contributed by atoms with Gasteiger partial charge in [0.05, 0.1) is 0 Å². The molecule has 0 aliphatic carbocycles. The van der Waals surface area contributed by atoms with Crippen LogP contribution >= 0.6 is 0 Å². The summed E-state index contributed by atoms with van der Waals surface area (Å²) < 4.78 is 26.8. The number of phenolic OH excluding ortho intramolecular Hbond substituents is 1. The molecule has 104 valence electrons. The van der Waals surface area contributed by atoms with Crippen LogP contribution in [0.3, 0.4) is 0 Å². The Balaban J connectivity index is 1.92. The second-order valence-corrected chi connectivity index (χ2v) is 5.22. The minimum atomic E-state index is -0.917. The number of fused-ring (bicyclic) bond motifs is 1. The normalized spacial score (nSPS) is 17.4. The lowest BCUT2D eigenvalue weighted by molar-refractivity contribution is 0.395. The Hall–Kier alpha value is -2.10. The minimum Gasteiger partial charge on any atom is -0.503 e. The van der Waals surface area contributed by atoms with Crippen LogP contribution in [0.15, 0.2) is 36.4 Å². The van der Waals surface area contributed by atoms with Gasteiger partial charge in [-0.25, -0.2) is 8.78 Å². The maximum atomic E-state index is 13.4. The average Bonchev–Trinajstić information content (AvgIpc) is 2.73. The fourth-order valence-corrected chi connectivity index (χ4v) is 2.78. The summed E-state index contributed by atoms with van der Waals surface area (Å²) in [6.07, 6.45) is 0.930. The van der Waals surface area contributed by atoms with Crippen molar-refractivity contribution in [3.8, 4) is 5.75 Å². The Kier molecular flexibility index (Phi) is 3.08. The molecule has 0 amide bonds. The quantitative estimate of drug-likeness (QED) is 0.904. The van der Waals surface area contributed by atoms with Crippen molar-refractivity contribution in [1.29, 1.82) is 0 Å². The lowest BCUT2D eigenvalue weighted by Crippen LogP contribution is -2.28. The number of aromatic hydroxyl groups is 1. The molecule has 0 saturated carbocycles. The first-order valence-electron chi connectivity index (χ1n) is 6.57. The number of hydrogen-bond acceptors (Lipinski definition) is 2. The predicted molar refractivity (Wildman–Crippen MR) is 73.8 cm³/mol. The molecule has 1 heterocycles. The highest BCUT2D eigenvalue weighted by atomic mass is 19.1. The van der Waals surface area contributed by atoms with Gasteiger partial charge in [-0.15, -0.1) is 0 Å². The third-order valence-corrected chi connectivity index (χ3v) is 3.78. The van der Waals surface area contributed by atoms with Crippen molar-refractivity contribution in [3.63, 3.8) is 0 Å². The highest BCUT2D eigenvalue weighted by Crippen LogP contribution is 2.33. The van der Waals surface area contributed by atoms with Crippen molar-refractivity contribution in [1.82, 2.24) is 0 Å². The van der Waals surface area contributed by atoms with Gasteiger partial charge in [0.2, 0.25) is 0 Å². The van der Waals surface area contributed by atoms with E-state index in [1.54, 1.807) is 0 Å². The van der Waals surface area contributed by atoms with Gasteiger partial charge in [0.1, 0.15) is 0 Å². The van der Waals surface area contributed by atoms with Crippen molar-refractivity contribution < 1.29 is 13.9 Å². The molecule has 3 rings (SSSR count). The van der Waals surface area contributed by atoms with E-state index in [2.05, 4.69) is 17.9 Å². The third-order valence-electron chi connectivity index (χ3n) is 3.78. The van der Waals surface area contributed by atoms with Gasteiger partial charge in [-0.3, -0.25) is 0 Å². The molecule has 2 nitrogen and oxygen atoms in total. The molecule has 1 aliphatic rings. The molecule has 0 saturated heterocycles. The number of phenols is 1. The van der Waals surface area contributed by atoms with Crippen LogP contribution in [0.5, 0.6) is 5.75 Å². The van der Waals surface area contributed by atoms with Crippen molar-refractivity contribution in [2.45, 2.75) is 25.9 Å². The SMILES string of the molecule is CC1Cc2ccccc2N1Cc1cc(F)c(O)c(F)c1. The second kappa shape index (κ2) is 4.78. The van der Waals surface area contributed by atoms with Gasteiger partial charge >= 0.3 is 0 Å². The maximum absolute atomic E-state index is 13.4. The molecule has 20 heavy (non-hydrogen) atoms. The summed E-state index contributed by atoms with van der Waals surface area (Å²) in [5.41, 5.74) is 2.87. The van der Waals surface area contributed by atoms with E-state index in [1.807, 2.05) is 18.2 Å². The van der Waals surface area contributed by atoms with Crippen LogP contribution in [-0.4, -0.2) is 11.1 Å². The van der Waals surface area contributed by atoms with Gasteiger partial charge in [-0.2, -0.15) is 0 Å². The van der Waals surface area contributed by atoms with E-state index in [0.29, 0.717) is 12.1 Å². The first-order valence-corrected chi connectivity index (χ1v) is 6.57. The van der Waals surface area contributed by atoms with E-state index in [-0.39, 0.29) is 6.04 Å². The summed E-state index contributed by atoms with van der Waals surface area (Å²) >= 11 is 0. The van der Waals surface area contributed by atoms with Gasteiger partial charge in [0.15, 0.2) is 17.4 Å². The molecule has 0 aromatic heterocycles. The number of hydrogen-bond donors (Lipinski definition) is 1. The molecule has 2 aromatic carbocycles. The molecule has 1 aliphatic heterocycles. The number of para-hydroxylation sites is 1. The second-order valence-electron chi connectivity index (χ2n) is 5.22. The highest BCUT2D eigenvalue weighted by Gasteiger charge is 2.25. The predicted octanol–water partition coefficient (Wildman–Crippen LogP) is 3.62. The number of halogens is 2. The highest BCUT2D eigenvalue weighted by molar-refractivity contribution is 5.59. The molecule has 0 spiro atoms. The third kappa shape index (κ3) is 2.11. The van der Waals surface area contributed by atoms with Crippen LogP contribution in [0.1, 0.15) is 18.1 Å². The zero-order valence-corrected chi connectivity index (χ0v) is 11.1. The summed E-state index contributed by atoms with van der Waals surface area (Å²) in [6.45, 7) is 2.51. The largest absolute Gasteiger partial charge is 0.503 e. The minimum absolute atomic E-state index is 0.285. The molecular formula is C16H15F2NO. The lowest BCUT2D eigenvalue weighted by atomic mass is 10.1. The van der Waals surface area contributed by atoms with E-state index in [0.717, 1.165) is 12.1 Å². The number of anilines is 1. The van der Waals surface area contributed by atoms with E-state index < -0.39 is 17.4 Å². The summed E-state index contributed by atoms with van der Waals surface area (Å²) in [5, 5.41) is 9.14. The molecule has 1 N–H and O–H groups in total. The first kappa shape index (κ1) is 12.9. The monoisotopic (exact) mass is 275 g/mol. The van der Waals surface area contributed by atoms with Crippen LogP contribution in [0.2, 0.25) is 0 Å². The molecule has 2 aromatic rings. The summed E-state index contributed by atoms with van der Waals surface area (Å²) in [7, 11) is 0. The van der Waals surface area contributed by atoms with Gasteiger partial charge in [0, 0.05) is 18.3 Å². The Morgan fingerprint density at radius 3 is 2.55 bits per heavy atom. The Morgan fingerprint density at radius 2 is 1.85 bits per heavy atom. The maximum Gasteiger partial charge on any atom is 0.187 e. The van der Waals surface area contributed by atoms with Crippen LogP contribution in [0.4, 0.5) is 14.5 Å². The lowest BCUT2D eigenvalue weighted by Gasteiger charge is -2.25.